The van der Waals surface area contributed by atoms with Gasteiger partial charge in [-0.25, -0.2) is 0 Å². The summed E-state index contributed by atoms with van der Waals surface area (Å²) in [6.07, 6.45) is 0. The molecule has 0 fully saturated rings. The third kappa shape index (κ3) is 4.44. The van der Waals surface area contributed by atoms with Crippen LogP contribution in [0, 0.1) is 0 Å². The molecule has 1 aromatic rings. The average molecular weight is 305 g/mol. The molecule has 16 heavy (non-hydrogen) atoms. The molecule has 3 heteroatoms. The van der Waals surface area contributed by atoms with Crippen molar-refractivity contribution in [2.45, 2.75) is 39.2 Å². The maximum Gasteiger partial charge on any atom is 0.0452 e. The largest absolute Gasteiger partial charge is 0.311 e. The zero-order valence-corrected chi connectivity index (χ0v) is 12.6. The zero-order valence-electron chi connectivity index (χ0n) is 10.3. The highest BCUT2D eigenvalue weighted by Crippen LogP contribution is 2.27. The van der Waals surface area contributed by atoms with E-state index in [4.69, 9.17) is 11.6 Å². The second kappa shape index (κ2) is 5.52. The first-order valence-corrected chi connectivity index (χ1v) is 6.66. The highest BCUT2D eigenvalue weighted by Gasteiger charge is 2.14. The highest BCUT2D eigenvalue weighted by molar-refractivity contribution is 9.10. The quantitative estimate of drug-likeness (QED) is 0.861. The van der Waals surface area contributed by atoms with Gasteiger partial charge < -0.3 is 5.32 Å². The molecule has 0 aliphatic heterocycles. The minimum absolute atomic E-state index is 0.149. The Morgan fingerprint density at radius 2 is 2.00 bits per heavy atom. The Hall–Kier alpha value is -0.0500. The van der Waals surface area contributed by atoms with Crippen molar-refractivity contribution in [3.05, 3.63) is 33.3 Å². The Morgan fingerprint density at radius 1 is 1.38 bits per heavy atom. The molecule has 0 spiro atoms. The molecule has 0 aromatic heterocycles. The number of halogens is 2. The van der Waals surface area contributed by atoms with Crippen LogP contribution >= 0.6 is 27.5 Å². The van der Waals surface area contributed by atoms with Crippen LogP contribution in [0.5, 0.6) is 0 Å². The van der Waals surface area contributed by atoms with E-state index in [1.807, 2.05) is 12.1 Å². The lowest BCUT2D eigenvalue weighted by Gasteiger charge is -2.24. The molecule has 0 aliphatic rings. The van der Waals surface area contributed by atoms with Gasteiger partial charge in [-0.05, 0) is 44.4 Å². The lowest BCUT2D eigenvalue weighted by molar-refractivity contribution is 0.412. The molecule has 1 aromatic carbocycles. The van der Waals surface area contributed by atoms with Crippen LogP contribution in [0.1, 0.15) is 39.2 Å². The summed E-state index contributed by atoms with van der Waals surface area (Å²) < 4.78 is 1.03. The van der Waals surface area contributed by atoms with Crippen LogP contribution in [0.15, 0.2) is 22.7 Å². The summed E-state index contributed by atoms with van der Waals surface area (Å²) in [5, 5.41) is 4.32. The molecule has 1 atom stereocenters. The Kier molecular flexibility index (Phi) is 4.84. The minimum Gasteiger partial charge on any atom is -0.311 e. The van der Waals surface area contributed by atoms with Gasteiger partial charge in [0.25, 0.3) is 0 Å². The summed E-state index contributed by atoms with van der Waals surface area (Å²) in [5.74, 6) is 0.417. The van der Waals surface area contributed by atoms with Crippen LogP contribution in [-0.4, -0.2) is 12.1 Å². The van der Waals surface area contributed by atoms with Crippen LogP contribution < -0.4 is 5.32 Å². The van der Waals surface area contributed by atoms with Crippen molar-refractivity contribution in [3.8, 4) is 0 Å². The third-order valence-corrected chi connectivity index (χ3v) is 3.25. The molecule has 1 nitrogen and oxygen atoms in total. The van der Waals surface area contributed by atoms with Gasteiger partial charge in [-0.1, -0.05) is 40.5 Å². The number of nitrogens with one attached hydrogen (secondary N) is 1. The lowest BCUT2D eigenvalue weighted by atomic mass is 9.99. The van der Waals surface area contributed by atoms with Crippen LogP contribution in [0.4, 0.5) is 0 Å². The second-order valence-corrected chi connectivity index (χ2v) is 6.52. The average Bonchev–Trinajstić information content (AvgIpc) is 2.13. The molecule has 1 N–H and O–H groups in total. The van der Waals surface area contributed by atoms with Gasteiger partial charge in [-0.2, -0.15) is 0 Å². The summed E-state index contributed by atoms with van der Waals surface area (Å²) >= 11 is 9.63. The maximum atomic E-state index is 6.22. The third-order valence-electron chi connectivity index (χ3n) is 2.43. The molecular formula is C13H19BrClN. The van der Waals surface area contributed by atoms with Crippen molar-refractivity contribution in [3.63, 3.8) is 0 Å². The fraction of sp³-hybridized carbons (Fsp3) is 0.538. The van der Waals surface area contributed by atoms with Gasteiger partial charge in [0, 0.05) is 21.6 Å². The first-order valence-electron chi connectivity index (χ1n) is 5.49. The molecule has 0 bridgehead atoms. The molecule has 0 heterocycles. The standard InChI is InChI=1S/C13H19BrClN/c1-9(8-16-13(2,3)4)11-6-5-10(14)7-12(11)15/h5-7,9,16H,8H2,1-4H3. The van der Waals surface area contributed by atoms with E-state index < -0.39 is 0 Å². The summed E-state index contributed by atoms with van der Waals surface area (Å²) in [7, 11) is 0. The van der Waals surface area contributed by atoms with Gasteiger partial charge >= 0.3 is 0 Å². The van der Waals surface area contributed by atoms with Gasteiger partial charge in [0.15, 0.2) is 0 Å². The number of hydrogen-bond donors (Lipinski definition) is 1. The van der Waals surface area contributed by atoms with Gasteiger partial charge in [0.1, 0.15) is 0 Å². The molecular weight excluding hydrogens is 286 g/mol. The van der Waals surface area contributed by atoms with Crippen molar-refractivity contribution < 1.29 is 0 Å². The lowest BCUT2D eigenvalue weighted by Crippen LogP contribution is -2.38. The van der Waals surface area contributed by atoms with Gasteiger partial charge in [-0.3, -0.25) is 0 Å². The van der Waals surface area contributed by atoms with Crippen molar-refractivity contribution in [1.29, 1.82) is 0 Å². The second-order valence-electron chi connectivity index (χ2n) is 5.20. The maximum absolute atomic E-state index is 6.22. The molecule has 0 aliphatic carbocycles. The number of rotatable bonds is 3. The van der Waals surface area contributed by atoms with Crippen LogP contribution in [-0.2, 0) is 0 Å². The Morgan fingerprint density at radius 3 is 2.50 bits per heavy atom. The number of hydrogen-bond acceptors (Lipinski definition) is 1. The molecule has 1 rings (SSSR count). The van der Waals surface area contributed by atoms with E-state index in [-0.39, 0.29) is 5.54 Å². The predicted molar refractivity (Wildman–Crippen MR) is 75.3 cm³/mol. The van der Waals surface area contributed by atoms with E-state index in [1.165, 1.54) is 5.56 Å². The van der Waals surface area contributed by atoms with Crippen molar-refractivity contribution in [2.24, 2.45) is 0 Å². The molecule has 0 amide bonds. The van der Waals surface area contributed by atoms with Crippen LogP contribution in [0.2, 0.25) is 5.02 Å². The summed E-state index contributed by atoms with van der Waals surface area (Å²) in [6, 6.07) is 6.07. The molecule has 90 valence electrons. The normalized spacial score (nSPS) is 13.9. The monoisotopic (exact) mass is 303 g/mol. The van der Waals surface area contributed by atoms with E-state index in [0.717, 1.165) is 16.0 Å². The summed E-state index contributed by atoms with van der Waals surface area (Å²) in [5.41, 5.74) is 1.34. The fourth-order valence-corrected chi connectivity index (χ4v) is 2.33. The molecule has 1 unspecified atom stereocenters. The number of benzene rings is 1. The first-order chi connectivity index (χ1) is 7.29. The van der Waals surface area contributed by atoms with Crippen LogP contribution in [0.3, 0.4) is 0 Å². The van der Waals surface area contributed by atoms with E-state index in [9.17, 15) is 0 Å². The van der Waals surface area contributed by atoms with E-state index in [1.54, 1.807) is 0 Å². The van der Waals surface area contributed by atoms with Crippen LogP contribution in [0.25, 0.3) is 0 Å². The Bertz CT molecular complexity index is 357. The van der Waals surface area contributed by atoms with E-state index in [0.29, 0.717) is 5.92 Å². The molecule has 0 saturated carbocycles. The topological polar surface area (TPSA) is 12.0 Å². The summed E-state index contributed by atoms with van der Waals surface area (Å²) in [4.78, 5) is 0. The Balaban J connectivity index is 2.70. The highest BCUT2D eigenvalue weighted by atomic mass is 79.9. The molecule has 0 radical (unpaired) electrons. The van der Waals surface area contributed by atoms with Crippen molar-refractivity contribution in [2.75, 3.05) is 6.54 Å². The minimum atomic E-state index is 0.149. The Labute approximate surface area is 112 Å². The van der Waals surface area contributed by atoms with Crippen molar-refractivity contribution in [1.82, 2.24) is 5.32 Å². The SMILES string of the molecule is CC(CNC(C)(C)C)c1ccc(Br)cc1Cl. The zero-order chi connectivity index (χ0) is 12.3. The van der Waals surface area contributed by atoms with E-state index >= 15 is 0 Å². The van der Waals surface area contributed by atoms with Gasteiger partial charge in [0.05, 0.1) is 0 Å². The van der Waals surface area contributed by atoms with Gasteiger partial charge in [0.2, 0.25) is 0 Å². The first kappa shape index (κ1) is 14.0. The summed E-state index contributed by atoms with van der Waals surface area (Å²) in [6.45, 7) is 9.63. The smallest absolute Gasteiger partial charge is 0.0452 e. The van der Waals surface area contributed by atoms with E-state index in [2.05, 4.69) is 55.0 Å². The fourth-order valence-electron chi connectivity index (χ4n) is 1.47. The molecule has 0 saturated heterocycles. The van der Waals surface area contributed by atoms with Gasteiger partial charge in [-0.15, -0.1) is 0 Å². The van der Waals surface area contributed by atoms with Crippen molar-refractivity contribution >= 4 is 27.5 Å². The predicted octanol–water partition coefficient (Wildman–Crippen LogP) is 4.59.